The predicted molar refractivity (Wildman–Crippen MR) is 132 cm³/mol. The molecule has 2 fully saturated rings. The van der Waals surface area contributed by atoms with Crippen molar-refractivity contribution in [3.8, 4) is 5.75 Å². The molecule has 3 atom stereocenters. The number of aliphatic carboxylic acids is 1. The molecule has 0 aromatic heterocycles. The van der Waals surface area contributed by atoms with E-state index in [2.05, 4.69) is 5.32 Å². The number of aliphatic hydroxyl groups is 1. The van der Waals surface area contributed by atoms with Crippen LogP contribution in [-0.4, -0.2) is 82.2 Å². The van der Waals surface area contributed by atoms with Crippen LogP contribution in [0.1, 0.15) is 50.7 Å². The number of esters is 1. The van der Waals surface area contributed by atoms with Crippen molar-refractivity contribution in [3.05, 3.63) is 41.1 Å². The minimum Gasteiger partial charge on any atom is -0.508 e. The van der Waals surface area contributed by atoms with E-state index < -0.39 is 69.2 Å². The van der Waals surface area contributed by atoms with Crippen molar-refractivity contribution in [1.82, 2.24) is 10.2 Å². The molecule has 1 unspecified atom stereocenters. The standard InChI is InChI=1S/C18H18N2O10S.C6H13N/c1-8(21)30-6-10-7-31(28,29)17-12(16(25)20(17)13(10)18(26)27)19-15(24)14(23)9-2-4-11(22)5-3-9;7-6-4-2-1-3-5-6/h2-5,12,14,17,22-23H,6-7H2,1H3,(H,19,24)(H,26,27);6H,1-5,7H2/t12-,14?,17-;/m0./s1. The fraction of sp³-hybridized carbons (Fsp3) is 0.500. The lowest BCUT2D eigenvalue weighted by atomic mass is 9.97. The van der Waals surface area contributed by atoms with Crippen LogP contribution < -0.4 is 11.1 Å². The zero-order valence-electron chi connectivity index (χ0n) is 20.7. The lowest BCUT2D eigenvalue weighted by Gasteiger charge is -2.49. The number of nitrogens with two attached hydrogens (primary N) is 1. The number of nitrogens with zero attached hydrogens (tertiary/aromatic N) is 1. The first-order valence-electron chi connectivity index (χ1n) is 12.0. The summed E-state index contributed by atoms with van der Waals surface area (Å²) in [5, 5.41) is 29.4. The topological polar surface area (TPSA) is 214 Å². The number of fused-ring (bicyclic) bond motifs is 1. The first-order chi connectivity index (χ1) is 17.8. The Bertz CT molecular complexity index is 1220. The number of carbonyl (C=O) groups excluding carboxylic acids is 3. The molecule has 4 rings (SSSR count). The van der Waals surface area contributed by atoms with Gasteiger partial charge in [0.05, 0.1) is 5.75 Å². The molecular formula is C24H31N3O10S. The summed E-state index contributed by atoms with van der Waals surface area (Å²) in [7, 11) is -4.15. The largest absolute Gasteiger partial charge is 0.508 e. The molecule has 1 aromatic rings. The Balaban J connectivity index is 0.000000494. The molecule has 1 aliphatic carbocycles. The summed E-state index contributed by atoms with van der Waals surface area (Å²) >= 11 is 0. The molecule has 2 amide bonds. The van der Waals surface area contributed by atoms with Gasteiger partial charge in [0.15, 0.2) is 21.3 Å². The van der Waals surface area contributed by atoms with Crippen LogP contribution >= 0.6 is 0 Å². The Labute approximate surface area is 219 Å². The maximum Gasteiger partial charge on any atom is 0.352 e. The Morgan fingerprint density at radius 3 is 2.26 bits per heavy atom. The second-order valence-corrected chi connectivity index (χ2v) is 11.4. The zero-order chi connectivity index (χ0) is 28.2. The van der Waals surface area contributed by atoms with Crippen molar-refractivity contribution < 1.29 is 47.7 Å². The number of phenolic OH excluding ortho intramolecular Hbond substituents is 1. The molecule has 1 aromatic carbocycles. The lowest BCUT2D eigenvalue weighted by molar-refractivity contribution is -0.152. The highest BCUT2D eigenvalue weighted by Gasteiger charge is 2.60. The second kappa shape index (κ2) is 11.9. The van der Waals surface area contributed by atoms with Gasteiger partial charge in [-0.05, 0) is 30.5 Å². The highest BCUT2D eigenvalue weighted by atomic mass is 32.2. The van der Waals surface area contributed by atoms with E-state index in [0.29, 0.717) is 10.9 Å². The number of phenols is 1. The number of hydrogen-bond acceptors (Lipinski definition) is 10. The summed E-state index contributed by atoms with van der Waals surface area (Å²) in [5.41, 5.74) is 4.81. The van der Waals surface area contributed by atoms with Crippen LogP contribution in [0.15, 0.2) is 35.5 Å². The average molecular weight is 554 g/mol. The van der Waals surface area contributed by atoms with E-state index in [0.717, 1.165) is 6.92 Å². The number of carboxylic acid groups (broad SMARTS) is 1. The van der Waals surface area contributed by atoms with Crippen LogP contribution in [0, 0.1) is 0 Å². The third-order valence-corrected chi connectivity index (χ3v) is 8.39. The lowest BCUT2D eigenvalue weighted by Crippen LogP contribution is -2.75. The van der Waals surface area contributed by atoms with E-state index in [4.69, 9.17) is 10.5 Å². The molecule has 2 aliphatic heterocycles. The van der Waals surface area contributed by atoms with Crippen LogP contribution in [0.4, 0.5) is 0 Å². The van der Waals surface area contributed by atoms with Gasteiger partial charge >= 0.3 is 11.9 Å². The fourth-order valence-electron chi connectivity index (χ4n) is 4.50. The molecule has 6 N–H and O–H groups in total. The van der Waals surface area contributed by atoms with E-state index >= 15 is 0 Å². The maximum absolute atomic E-state index is 12.7. The Hall–Kier alpha value is -3.49. The van der Waals surface area contributed by atoms with Crippen LogP contribution in [0.25, 0.3) is 0 Å². The van der Waals surface area contributed by atoms with E-state index in [1.165, 1.54) is 56.4 Å². The highest BCUT2D eigenvalue weighted by Crippen LogP contribution is 2.37. The van der Waals surface area contributed by atoms with E-state index in [1.807, 2.05) is 0 Å². The van der Waals surface area contributed by atoms with Crippen LogP contribution in [0.5, 0.6) is 5.75 Å². The molecule has 13 nitrogen and oxygen atoms in total. The number of carbonyl (C=O) groups is 4. The smallest absolute Gasteiger partial charge is 0.352 e. The molecule has 1 saturated heterocycles. The number of hydrogen-bond donors (Lipinski definition) is 5. The minimum absolute atomic E-state index is 0.0835. The Morgan fingerprint density at radius 2 is 1.76 bits per heavy atom. The second-order valence-electron chi connectivity index (χ2n) is 9.32. The van der Waals surface area contributed by atoms with Crippen molar-refractivity contribution in [2.45, 2.75) is 62.6 Å². The zero-order valence-corrected chi connectivity index (χ0v) is 21.5. The number of carboxylic acids is 1. The van der Waals surface area contributed by atoms with E-state index in [-0.39, 0.29) is 16.9 Å². The van der Waals surface area contributed by atoms with Crippen molar-refractivity contribution in [3.63, 3.8) is 0 Å². The van der Waals surface area contributed by atoms with Gasteiger partial charge in [-0.1, -0.05) is 31.4 Å². The molecule has 2 heterocycles. The number of amides is 2. The van der Waals surface area contributed by atoms with Crippen LogP contribution in [-0.2, 0) is 33.8 Å². The molecule has 1 saturated carbocycles. The SMILES string of the molecule is CC(=O)OCC1=C(C(=O)O)N2C(=O)[C@H](NC(=O)C(O)c3ccc(O)cc3)[C@@H]2S(=O)(=O)C1.NC1CCCCC1. The predicted octanol–water partition coefficient (Wildman–Crippen LogP) is -0.313. The first-order valence-corrected chi connectivity index (χ1v) is 13.7. The fourth-order valence-corrected chi connectivity index (χ4v) is 6.50. The third-order valence-electron chi connectivity index (χ3n) is 6.42. The molecule has 3 aliphatic rings. The molecule has 0 bridgehead atoms. The molecule has 0 spiro atoms. The summed E-state index contributed by atoms with van der Waals surface area (Å²) in [6, 6.07) is 3.91. The van der Waals surface area contributed by atoms with Gasteiger partial charge in [-0.15, -0.1) is 0 Å². The summed E-state index contributed by atoms with van der Waals surface area (Å²) in [4.78, 5) is 48.1. The number of rotatable bonds is 6. The molecule has 0 radical (unpaired) electrons. The van der Waals surface area contributed by atoms with Gasteiger partial charge in [-0.2, -0.15) is 0 Å². The normalized spacial score (nSPS) is 23.2. The first kappa shape index (κ1) is 29.1. The summed E-state index contributed by atoms with van der Waals surface area (Å²) < 4.78 is 30.1. The number of ether oxygens (including phenoxy) is 1. The minimum atomic E-state index is -4.15. The van der Waals surface area contributed by atoms with Crippen molar-refractivity contribution in [1.29, 1.82) is 0 Å². The van der Waals surface area contributed by atoms with Crippen molar-refractivity contribution >= 4 is 33.6 Å². The number of benzene rings is 1. The average Bonchev–Trinajstić information content (AvgIpc) is 2.85. The van der Waals surface area contributed by atoms with Gasteiger partial charge in [0.2, 0.25) is 0 Å². The summed E-state index contributed by atoms with van der Waals surface area (Å²) in [6.07, 6.45) is 4.90. The van der Waals surface area contributed by atoms with Gasteiger partial charge < -0.3 is 31.1 Å². The molecule has 208 valence electrons. The summed E-state index contributed by atoms with van der Waals surface area (Å²) in [5.74, 6) is -5.33. The van der Waals surface area contributed by atoms with Gasteiger partial charge in [0.25, 0.3) is 11.8 Å². The van der Waals surface area contributed by atoms with Gasteiger partial charge in [0.1, 0.15) is 24.1 Å². The Morgan fingerprint density at radius 1 is 1.16 bits per heavy atom. The summed E-state index contributed by atoms with van der Waals surface area (Å²) in [6.45, 7) is 0.435. The van der Waals surface area contributed by atoms with E-state index in [9.17, 15) is 42.9 Å². The number of nitrogens with one attached hydrogen (secondary N) is 1. The highest BCUT2D eigenvalue weighted by molar-refractivity contribution is 7.92. The monoisotopic (exact) mass is 553 g/mol. The maximum atomic E-state index is 12.7. The van der Waals surface area contributed by atoms with Crippen molar-refractivity contribution in [2.24, 2.45) is 5.73 Å². The molecule has 38 heavy (non-hydrogen) atoms. The van der Waals surface area contributed by atoms with Crippen molar-refractivity contribution in [2.75, 3.05) is 12.4 Å². The number of sulfone groups is 1. The quantitative estimate of drug-likeness (QED) is 0.227. The number of β-lactam (4-membered cyclic amide) rings is 1. The molecular weight excluding hydrogens is 522 g/mol. The third kappa shape index (κ3) is 6.49. The van der Waals surface area contributed by atoms with Gasteiger partial charge in [-0.3, -0.25) is 19.3 Å². The Kier molecular flexibility index (Phi) is 9.12. The number of aliphatic hydroxyl groups excluding tert-OH is 1. The van der Waals surface area contributed by atoms with Gasteiger partial charge in [0, 0.05) is 18.5 Å². The number of aromatic hydroxyl groups is 1. The van der Waals surface area contributed by atoms with Crippen LogP contribution in [0.2, 0.25) is 0 Å². The van der Waals surface area contributed by atoms with Gasteiger partial charge in [-0.25, -0.2) is 13.2 Å². The van der Waals surface area contributed by atoms with Crippen LogP contribution in [0.3, 0.4) is 0 Å². The van der Waals surface area contributed by atoms with E-state index in [1.54, 1.807) is 0 Å². The molecule has 14 heteroatoms.